The molecule has 144 valence electrons. The molecule has 4 heteroatoms. The average Bonchev–Trinajstić information content (AvgIpc) is 2.64. The van der Waals surface area contributed by atoms with Crippen LogP contribution in [0.2, 0.25) is 0 Å². The lowest BCUT2D eigenvalue weighted by Gasteiger charge is -2.22. The number of aliphatic hydroxyl groups is 1. The van der Waals surface area contributed by atoms with Crippen LogP contribution >= 0.6 is 23.5 Å². The molecule has 0 aliphatic heterocycles. The van der Waals surface area contributed by atoms with Crippen molar-refractivity contribution in [2.45, 2.75) is 38.7 Å². The lowest BCUT2D eigenvalue weighted by molar-refractivity contribution is 0.223. The summed E-state index contributed by atoms with van der Waals surface area (Å²) in [5.41, 5.74) is 4.42. The Labute approximate surface area is 171 Å². The number of aliphatic hydroxyl groups excluding tert-OH is 1. The summed E-state index contributed by atoms with van der Waals surface area (Å²) in [7, 11) is 0. The largest absolute Gasteiger partial charge is 0.501 e. The van der Waals surface area contributed by atoms with Crippen LogP contribution in [0, 0.1) is 20.8 Å². The number of rotatable bonds is 8. The molecule has 2 rings (SSSR count). The summed E-state index contributed by atoms with van der Waals surface area (Å²) >= 11 is 3.22. The first-order valence-electron chi connectivity index (χ1n) is 9.03. The zero-order valence-corrected chi connectivity index (χ0v) is 18.3. The van der Waals surface area contributed by atoms with Crippen molar-refractivity contribution in [1.82, 2.24) is 0 Å². The molecule has 0 heterocycles. The van der Waals surface area contributed by atoms with E-state index in [4.69, 9.17) is 4.74 Å². The Morgan fingerprint density at radius 1 is 1.11 bits per heavy atom. The van der Waals surface area contributed by atoms with Gasteiger partial charge in [0.25, 0.3) is 0 Å². The van der Waals surface area contributed by atoms with E-state index in [1.165, 1.54) is 5.56 Å². The summed E-state index contributed by atoms with van der Waals surface area (Å²) in [6.07, 6.45) is 4.99. The molecule has 0 saturated heterocycles. The lowest BCUT2D eigenvalue weighted by Crippen LogP contribution is -2.06. The zero-order chi connectivity index (χ0) is 19.8. The molecule has 0 fully saturated rings. The summed E-state index contributed by atoms with van der Waals surface area (Å²) in [5, 5.41) is 11.4. The van der Waals surface area contributed by atoms with Crippen molar-refractivity contribution >= 4 is 23.5 Å². The molecule has 2 nitrogen and oxygen atoms in total. The maximum absolute atomic E-state index is 11.4. The fourth-order valence-corrected chi connectivity index (χ4v) is 4.89. The highest BCUT2D eigenvalue weighted by Gasteiger charge is 2.22. The summed E-state index contributed by atoms with van der Waals surface area (Å²) in [4.78, 5) is 3.02. The normalized spacial score (nSPS) is 13.6. The molecule has 1 unspecified atom stereocenters. The second kappa shape index (κ2) is 10.6. The number of ether oxygens (including phenoxy) is 1. The first-order valence-corrected chi connectivity index (χ1v) is 11.1. The van der Waals surface area contributed by atoms with Crippen LogP contribution in [0.1, 0.15) is 35.3 Å². The summed E-state index contributed by atoms with van der Waals surface area (Å²) in [6, 6.07) is 14.4. The van der Waals surface area contributed by atoms with Crippen molar-refractivity contribution in [3.63, 3.8) is 0 Å². The molecular formula is C23H28O2S2. The molecule has 2 aromatic carbocycles. The summed E-state index contributed by atoms with van der Waals surface area (Å²) in [5.74, 6) is 0. The third-order valence-corrected chi connectivity index (χ3v) is 6.27. The molecule has 1 atom stereocenters. The van der Waals surface area contributed by atoms with E-state index in [1.807, 2.05) is 37.5 Å². The van der Waals surface area contributed by atoms with Gasteiger partial charge in [0.15, 0.2) is 0 Å². The molecule has 0 amide bonds. The Kier molecular flexibility index (Phi) is 8.55. The molecule has 0 spiro atoms. The van der Waals surface area contributed by atoms with Crippen LogP contribution in [0.25, 0.3) is 0 Å². The zero-order valence-electron chi connectivity index (χ0n) is 16.7. The molecule has 0 bridgehead atoms. The molecule has 0 saturated carbocycles. The predicted molar refractivity (Wildman–Crippen MR) is 119 cm³/mol. The molecule has 1 N–H and O–H groups in total. The van der Waals surface area contributed by atoms with E-state index in [0.717, 1.165) is 31.4 Å². The van der Waals surface area contributed by atoms with Gasteiger partial charge < -0.3 is 9.84 Å². The van der Waals surface area contributed by atoms with Crippen LogP contribution < -0.4 is 0 Å². The van der Waals surface area contributed by atoms with Gasteiger partial charge in [-0.3, -0.25) is 0 Å². The predicted octanol–water partition coefficient (Wildman–Crippen LogP) is 6.56. The Morgan fingerprint density at radius 3 is 2.30 bits per heavy atom. The fourth-order valence-electron chi connectivity index (χ4n) is 3.07. The van der Waals surface area contributed by atoms with Gasteiger partial charge in [-0.1, -0.05) is 47.7 Å². The van der Waals surface area contributed by atoms with Crippen LogP contribution in [0.3, 0.4) is 0 Å². The maximum atomic E-state index is 11.4. The van der Waals surface area contributed by atoms with Gasteiger partial charge in [0.05, 0.1) is 12.9 Å². The van der Waals surface area contributed by atoms with Crippen LogP contribution in [0.15, 0.2) is 69.5 Å². The van der Waals surface area contributed by atoms with Gasteiger partial charge in [0.1, 0.15) is 6.10 Å². The number of aryl methyl sites for hydroxylation is 3. The summed E-state index contributed by atoms with van der Waals surface area (Å²) in [6.45, 7) is 8.80. The van der Waals surface area contributed by atoms with Crippen LogP contribution in [0.5, 0.6) is 0 Å². The van der Waals surface area contributed by atoms with Gasteiger partial charge >= 0.3 is 0 Å². The summed E-state index contributed by atoms with van der Waals surface area (Å²) < 4.78 is 5.40. The molecule has 0 radical (unpaired) electrons. The highest BCUT2D eigenvalue weighted by atomic mass is 32.2. The number of hydrogen-bond donors (Lipinski definition) is 1. The van der Waals surface area contributed by atoms with Gasteiger partial charge in [-0.25, -0.2) is 0 Å². The van der Waals surface area contributed by atoms with E-state index in [1.54, 1.807) is 29.8 Å². The number of thioether (sulfide) groups is 2. The number of allylic oxidation sites excluding steroid dienone is 1. The van der Waals surface area contributed by atoms with E-state index < -0.39 is 6.10 Å². The molecule has 0 aliphatic rings. The van der Waals surface area contributed by atoms with Crippen LogP contribution in [-0.4, -0.2) is 18.0 Å². The lowest BCUT2D eigenvalue weighted by atomic mass is 9.95. The molecule has 2 aromatic rings. The first kappa shape index (κ1) is 21.7. The fraction of sp³-hybridized carbons (Fsp3) is 0.304. The maximum Gasteiger partial charge on any atom is 0.112 e. The van der Waals surface area contributed by atoms with Crippen LogP contribution in [-0.2, 0) is 4.74 Å². The van der Waals surface area contributed by atoms with E-state index in [0.29, 0.717) is 6.61 Å². The van der Waals surface area contributed by atoms with Gasteiger partial charge in [0, 0.05) is 14.7 Å². The van der Waals surface area contributed by atoms with Crippen molar-refractivity contribution in [1.29, 1.82) is 0 Å². The molecular weight excluding hydrogens is 372 g/mol. The minimum atomic E-state index is -0.690. The Balaban J connectivity index is 2.54. The van der Waals surface area contributed by atoms with E-state index in [2.05, 4.69) is 45.0 Å². The quantitative estimate of drug-likeness (QED) is 0.308. The minimum Gasteiger partial charge on any atom is -0.501 e. The van der Waals surface area contributed by atoms with Crippen molar-refractivity contribution < 1.29 is 9.84 Å². The highest BCUT2D eigenvalue weighted by molar-refractivity contribution is 8.06. The van der Waals surface area contributed by atoms with Gasteiger partial charge in [-0.15, -0.1) is 11.8 Å². The van der Waals surface area contributed by atoms with Crippen molar-refractivity contribution in [2.75, 3.05) is 12.9 Å². The van der Waals surface area contributed by atoms with Crippen molar-refractivity contribution in [2.24, 2.45) is 0 Å². The topological polar surface area (TPSA) is 29.5 Å². The molecule has 0 aliphatic carbocycles. The van der Waals surface area contributed by atoms with E-state index in [-0.39, 0.29) is 0 Å². The highest BCUT2D eigenvalue weighted by Crippen LogP contribution is 2.42. The smallest absolute Gasteiger partial charge is 0.112 e. The van der Waals surface area contributed by atoms with E-state index >= 15 is 0 Å². The molecule has 27 heavy (non-hydrogen) atoms. The Bertz CT molecular complexity index is 787. The minimum absolute atomic E-state index is 0.623. The van der Waals surface area contributed by atoms with Gasteiger partial charge in [-0.05, 0) is 68.8 Å². The monoisotopic (exact) mass is 400 g/mol. The first-order chi connectivity index (χ1) is 13.0. The Morgan fingerprint density at radius 2 is 1.74 bits per heavy atom. The third-order valence-electron chi connectivity index (χ3n) is 4.18. The number of hydrogen-bond acceptors (Lipinski definition) is 4. The average molecular weight is 401 g/mol. The Hall–Kier alpha value is -1.62. The van der Waals surface area contributed by atoms with Crippen molar-refractivity contribution in [3.8, 4) is 0 Å². The second-order valence-corrected chi connectivity index (χ2v) is 8.28. The van der Waals surface area contributed by atoms with Crippen molar-refractivity contribution in [3.05, 3.63) is 86.9 Å². The SMILES string of the molecule is CCO/C=C/C(SC)=C(\Sc1ccccc1)C(O)c1c(C)cc(C)cc1C. The second-order valence-electron chi connectivity index (χ2n) is 6.32. The molecule has 0 aromatic heterocycles. The van der Waals surface area contributed by atoms with Crippen LogP contribution in [0.4, 0.5) is 0 Å². The number of benzene rings is 2. The standard InChI is InChI=1S/C23H28O2S2/c1-6-25-13-12-20(26-5)23(27-19-10-8-7-9-11-19)22(24)21-17(3)14-16(2)15-18(21)4/h7-15,22,24H,6H2,1-5H3/b13-12+,23-20+. The van der Waals surface area contributed by atoms with Gasteiger partial charge in [-0.2, -0.15) is 0 Å². The van der Waals surface area contributed by atoms with Gasteiger partial charge in [0.2, 0.25) is 0 Å². The van der Waals surface area contributed by atoms with E-state index in [9.17, 15) is 5.11 Å². The third kappa shape index (κ3) is 5.93.